The van der Waals surface area contributed by atoms with Gasteiger partial charge in [0.25, 0.3) is 0 Å². The molecule has 1 aliphatic carbocycles. The lowest BCUT2D eigenvalue weighted by atomic mass is 9.90. The molecule has 0 atom stereocenters. The summed E-state index contributed by atoms with van der Waals surface area (Å²) in [5.41, 5.74) is 1.77. The summed E-state index contributed by atoms with van der Waals surface area (Å²) in [6.07, 6.45) is 7.79. The highest BCUT2D eigenvalue weighted by molar-refractivity contribution is 5.98. The highest BCUT2D eigenvalue weighted by Crippen LogP contribution is 2.30. The fourth-order valence-corrected chi connectivity index (χ4v) is 3.52. The monoisotopic (exact) mass is 370 g/mol. The van der Waals surface area contributed by atoms with Crippen molar-refractivity contribution in [3.8, 4) is 11.8 Å². The summed E-state index contributed by atoms with van der Waals surface area (Å²) in [4.78, 5) is 14.0. The number of benzene rings is 1. The molecule has 2 rings (SSSR count). The standard InChI is InChI=1S/C22H30N2O3/c1-4-24(5-2)20-12-11-18(13-19(15-23)22(25)26-3)21(14-20)27-16-17-9-7-6-8-10-17/h11-14,17H,4-10,16H2,1-3H3/b19-13-. The number of anilines is 1. The lowest BCUT2D eigenvalue weighted by Gasteiger charge is -2.24. The van der Waals surface area contributed by atoms with Crippen molar-refractivity contribution < 1.29 is 14.3 Å². The lowest BCUT2D eigenvalue weighted by molar-refractivity contribution is -0.135. The van der Waals surface area contributed by atoms with Gasteiger partial charge in [-0.05, 0) is 50.8 Å². The molecule has 1 aromatic rings. The number of rotatable bonds is 8. The molecule has 0 saturated heterocycles. The van der Waals surface area contributed by atoms with Gasteiger partial charge < -0.3 is 14.4 Å². The summed E-state index contributed by atoms with van der Waals surface area (Å²) in [7, 11) is 1.28. The van der Waals surface area contributed by atoms with E-state index in [1.807, 2.05) is 24.3 Å². The van der Waals surface area contributed by atoms with Crippen molar-refractivity contribution in [2.24, 2.45) is 5.92 Å². The molecule has 1 fully saturated rings. The number of methoxy groups -OCH3 is 1. The van der Waals surface area contributed by atoms with Gasteiger partial charge in [-0.3, -0.25) is 0 Å². The first-order valence-corrected chi connectivity index (χ1v) is 9.84. The average molecular weight is 370 g/mol. The number of hydrogen-bond acceptors (Lipinski definition) is 5. The van der Waals surface area contributed by atoms with Gasteiger partial charge in [0.15, 0.2) is 0 Å². The second-order valence-electron chi connectivity index (χ2n) is 6.87. The molecule has 0 radical (unpaired) electrons. The van der Waals surface area contributed by atoms with Crippen molar-refractivity contribution in [2.75, 3.05) is 31.7 Å². The smallest absolute Gasteiger partial charge is 0.348 e. The van der Waals surface area contributed by atoms with Crippen LogP contribution >= 0.6 is 0 Å². The molecule has 146 valence electrons. The first-order valence-electron chi connectivity index (χ1n) is 9.84. The molecule has 0 aliphatic heterocycles. The molecule has 1 aromatic carbocycles. The van der Waals surface area contributed by atoms with Crippen molar-refractivity contribution in [1.82, 2.24) is 0 Å². The lowest BCUT2D eigenvalue weighted by Crippen LogP contribution is -2.22. The van der Waals surface area contributed by atoms with Crippen LogP contribution in [0.15, 0.2) is 23.8 Å². The number of hydrogen-bond donors (Lipinski definition) is 0. The van der Waals surface area contributed by atoms with Crippen molar-refractivity contribution in [3.05, 3.63) is 29.3 Å². The van der Waals surface area contributed by atoms with Gasteiger partial charge in [0.05, 0.1) is 13.7 Å². The number of ether oxygens (including phenoxy) is 2. The van der Waals surface area contributed by atoms with Gasteiger partial charge in [-0.25, -0.2) is 4.79 Å². The molecular weight excluding hydrogens is 340 g/mol. The third-order valence-corrected chi connectivity index (χ3v) is 5.15. The Morgan fingerprint density at radius 1 is 1.26 bits per heavy atom. The van der Waals surface area contributed by atoms with Gasteiger partial charge in [0.1, 0.15) is 17.4 Å². The summed E-state index contributed by atoms with van der Waals surface area (Å²) < 4.78 is 10.9. The van der Waals surface area contributed by atoms with E-state index in [4.69, 9.17) is 4.74 Å². The van der Waals surface area contributed by atoms with E-state index in [1.54, 1.807) is 6.08 Å². The van der Waals surface area contributed by atoms with Gasteiger partial charge in [0.2, 0.25) is 0 Å². The zero-order valence-electron chi connectivity index (χ0n) is 16.7. The maximum Gasteiger partial charge on any atom is 0.348 e. The first-order chi connectivity index (χ1) is 13.1. The second-order valence-corrected chi connectivity index (χ2v) is 6.87. The summed E-state index contributed by atoms with van der Waals surface area (Å²) in [5.74, 6) is 0.647. The minimum absolute atomic E-state index is 0.0318. The Morgan fingerprint density at radius 3 is 2.56 bits per heavy atom. The Hall–Kier alpha value is -2.48. The molecule has 1 saturated carbocycles. The highest BCUT2D eigenvalue weighted by Gasteiger charge is 2.17. The van der Waals surface area contributed by atoms with Crippen LogP contribution in [0.2, 0.25) is 0 Å². The molecule has 5 nitrogen and oxygen atoms in total. The van der Waals surface area contributed by atoms with Crippen LogP contribution in [0.25, 0.3) is 6.08 Å². The molecule has 0 amide bonds. The van der Waals surface area contributed by atoms with Crippen LogP contribution in [-0.4, -0.2) is 32.8 Å². The van der Waals surface area contributed by atoms with Crippen LogP contribution in [0.3, 0.4) is 0 Å². The minimum atomic E-state index is -0.636. The van der Waals surface area contributed by atoms with Gasteiger partial charge >= 0.3 is 5.97 Å². The molecule has 0 aromatic heterocycles. The van der Waals surface area contributed by atoms with Crippen LogP contribution in [0.1, 0.15) is 51.5 Å². The molecule has 0 heterocycles. The Balaban J connectivity index is 2.31. The van der Waals surface area contributed by atoms with Crippen LogP contribution in [0.4, 0.5) is 5.69 Å². The van der Waals surface area contributed by atoms with Gasteiger partial charge in [-0.1, -0.05) is 19.3 Å². The quantitative estimate of drug-likeness (QED) is 0.381. The summed E-state index contributed by atoms with van der Waals surface area (Å²) in [5, 5.41) is 9.26. The zero-order chi connectivity index (χ0) is 19.6. The van der Waals surface area contributed by atoms with E-state index in [-0.39, 0.29) is 5.57 Å². The molecule has 1 aliphatic rings. The Morgan fingerprint density at radius 2 is 1.96 bits per heavy atom. The largest absolute Gasteiger partial charge is 0.493 e. The topological polar surface area (TPSA) is 62.6 Å². The highest BCUT2D eigenvalue weighted by atomic mass is 16.5. The third-order valence-electron chi connectivity index (χ3n) is 5.15. The van der Waals surface area contributed by atoms with E-state index in [9.17, 15) is 10.1 Å². The van der Waals surface area contributed by atoms with E-state index in [1.165, 1.54) is 39.2 Å². The van der Waals surface area contributed by atoms with E-state index in [2.05, 4.69) is 23.5 Å². The van der Waals surface area contributed by atoms with Gasteiger partial charge in [0, 0.05) is 30.4 Å². The molecule has 0 bridgehead atoms. The van der Waals surface area contributed by atoms with Gasteiger partial charge in [-0.15, -0.1) is 0 Å². The van der Waals surface area contributed by atoms with E-state index < -0.39 is 5.97 Å². The Labute approximate surface area is 162 Å². The van der Waals surface area contributed by atoms with Crippen LogP contribution in [-0.2, 0) is 9.53 Å². The third kappa shape index (κ3) is 5.75. The fourth-order valence-electron chi connectivity index (χ4n) is 3.52. The molecule has 0 N–H and O–H groups in total. The van der Waals surface area contributed by atoms with Crippen molar-refractivity contribution in [2.45, 2.75) is 46.0 Å². The average Bonchev–Trinajstić information content (AvgIpc) is 2.72. The number of nitriles is 1. The van der Waals surface area contributed by atoms with E-state index in [0.29, 0.717) is 18.3 Å². The van der Waals surface area contributed by atoms with Crippen molar-refractivity contribution in [3.63, 3.8) is 0 Å². The maximum atomic E-state index is 11.8. The molecular formula is C22H30N2O3. The van der Waals surface area contributed by atoms with Crippen LogP contribution in [0, 0.1) is 17.2 Å². The number of carbonyl (C=O) groups is 1. The van der Waals surface area contributed by atoms with Crippen molar-refractivity contribution in [1.29, 1.82) is 5.26 Å². The molecule has 0 unspecified atom stereocenters. The molecule has 0 spiro atoms. The predicted octanol–water partition coefficient (Wildman–Crippen LogP) is 4.57. The van der Waals surface area contributed by atoms with E-state index >= 15 is 0 Å². The number of nitrogens with zero attached hydrogens (tertiary/aromatic N) is 2. The fraction of sp³-hybridized carbons (Fsp3) is 0.545. The predicted molar refractivity (Wildman–Crippen MR) is 108 cm³/mol. The van der Waals surface area contributed by atoms with Crippen molar-refractivity contribution >= 4 is 17.7 Å². The van der Waals surface area contributed by atoms with Crippen LogP contribution in [0.5, 0.6) is 5.75 Å². The number of esters is 1. The normalized spacial score (nSPS) is 15.1. The maximum absolute atomic E-state index is 11.8. The second kappa shape index (κ2) is 10.6. The molecule has 27 heavy (non-hydrogen) atoms. The SMILES string of the molecule is CCN(CC)c1ccc(/C=C(/C#N)C(=O)OC)c(OCC2CCCCC2)c1. The summed E-state index contributed by atoms with van der Waals surface area (Å²) in [6, 6.07) is 7.83. The Bertz CT molecular complexity index is 696. The van der Waals surface area contributed by atoms with Gasteiger partial charge in [-0.2, -0.15) is 5.26 Å². The Kier molecular flexibility index (Phi) is 8.19. The zero-order valence-corrected chi connectivity index (χ0v) is 16.7. The summed E-state index contributed by atoms with van der Waals surface area (Å²) >= 11 is 0. The minimum Gasteiger partial charge on any atom is -0.493 e. The summed E-state index contributed by atoms with van der Waals surface area (Å²) in [6.45, 7) is 6.71. The first kappa shape index (κ1) is 20.8. The number of carbonyl (C=O) groups excluding carboxylic acids is 1. The molecule has 5 heteroatoms. The van der Waals surface area contributed by atoms with Crippen LogP contribution < -0.4 is 9.64 Å². The van der Waals surface area contributed by atoms with E-state index in [0.717, 1.165) is 24.3 Å².